The number of benzene rings is 2. The molecule has 4 nitrogen and oxygen atoms in total. The standard InChI is InChI=1S/C19H21FN2O2/c20-24-18-16(12-11-14-7-3-1-4-8-14)21-19(23)22-17(18)13-15-9-5-2-6-10-15/h1-10,16-18H,11-13H2,(H2,21,22,23)/t16-,17-,18-/m1/s1. The predicted octanol–water partition coefficient (Wildman–Crippen LogP) is 3.18. The zero-order chi connectivity index (χ0) is 16.8. The lowest BCUT2D eigenvalue weighted by Crippen LogP contribution is -2.64. The van der Waals surface area contributed by atoms with Crippen LogP contribution in [0.3, 0.4) is 0 Å². The highest BCUT2D eigenvalue weighted by Crippen LogP contribution is 2.19. The maximum absolute atomic E-state index is 13.2. The normalized spacial score (nSPS) is 23.4. The van der Waals surface area contributed by atoms with Crippen LogP contribution in [0, 0.1) is 0 Å². The highest BCUT2D eigenvalue weighted by atomic mass is 19.3. The lowest BCUT2D eigenvalue weighted by Gasteiger charge is -2.36. The molecule has 0 saturated carbocycles. The van der Waals surface area contributed by atoms with Crippen LogP contribution >= 0.6 is 0 Å². The number of urea groups is 1. The summed E-state index contributed by atoms with van der Waals surface area (Å²) in [5.74, 6) is 0. The fraction of sp³-hybridized carbons (Fsp3) is 0.316. The summed E-state index contributed by atoms with van der Waals surface area (Å²) < 4.78 is 13.2. The Morgan fingerprint density at radius 2 is 1.46 bits per heavy atom. The quantitative estimate of drug-likeness (QED) is 0.856. The number of carbonyl (C=O) groups excluding carboxylic acids is 1. The summed E-state index contributed by atoms with van der Waals surface area (Å²) >= 11 is 0. The third kappa shape index (κ3) is 4.11. The van der Waals surface area contributed by atoms with Crippen molar-refractivity contribution in [1.29, 1.82) is 0 Å². The molecule has 3 rings (SSSR count). The van der Waals surface area contributed by atoms with E-state index in [1.807, 2.05) is 60.7 Å². The second-order valence-corrected chi connectivity index (χ2v) is 6.10. The molecular weight excluding hydrogens is 307 g/mol. The lowest BCUT2D eigenvalue weighted by molar-refractivity contribution is -0.199. The molecular formula is C19H21FN2O2. The maximum atomic E-state index is 13.2. The van der Waals surface area contributed by atoms with Gasteiger partial charge in [-0.3, -0.25) is 0 Å². The SMILES string of the molecule is O=C1N[C@H](CCc2ccccc2)[C@@H](OF)[C@@H](Cc2ccccc2)N1. The average molecular weight is 328 g/mol. The molecule has 1 saturated heterocycles. The van der Waals surface area contributed by atoms with Crippen LogP contribution in [0.2, 0.25) is 0 Å². The van der Waals surface area contributed by atoms with Crippen LogP contribution in [0.5, 0.6) is 0 Å². The minimum absolute atomic E-state index is 0.276. The molecule has 2 aromatic carbocycles. The first kappa shape index (κ1) is 16.5. The van der Waals surface area contributed by atoms with E-state index in [9.17, 15) is 9.32 Å². The molecule has 0 spiro atoms. The Bertz CT molecular complexity index is 651. The van der Waals surface area contributed by atoms with Crippen LogP contribution in [0.25, 0.3) is 0 Å². The Morgan fingerprint density at radius 3 is 2.08 bits per heavy atom. The minimum Gasteiger partial charge on any atom is -0.333 e. The van der Waals surface area contributed by atoms with Crippen molar-refractivity contribution >= 4 is 6.03 Å². The van der Waals surface area contributed by atoms with Gasteiger partial charge in [-0.2, -0.15) is 4.94 Å². The van der Waals surface area contributed by atoms with E-state index in [0.29, 0.717) is 12.8 Å². The van der Waals surface area contributed by atoms with Crippen molar-refractivity contribution in [2.45, 2.75) is 37.5 Å². The molecule has 0 bridgehead atoms. The van der Waals surface area contributed by atoms with Crippen LogP contribution in [-0.2, 0) is 17.8 Å². The summed E-state index contributed by atoms with van der Waals surface area (Å²) in [7, 11) is 0. The number of nitrogens with one attached hydrogen (secondary N) is 2. The van der Waals surface area contributed by atoms with E-state index < -0.39 is 12.1 Å². The Hall–Kier alpha value is -2.40. The number of amides is 2. The van der Waals surface area contributed by atoms with Crippen molar-refractivity contribution in [1.82, 2.24) is 10.6 Å². The van der Waals surface area contributed by atoms with Crippen LogP contribution in [-0.4, -0.2) is 24.2 Å². The molecule has 3 atom stereocenters. The Labute approximate surface area is 140 Å². The number of hydrogen-bond acceptors (Lipinski definition) is 2. The van der Waals surface area contributed by atoms with E-state index in [0.717, 1.165) is 17.5 Å². The summed E-state index contributed by atoms with van der Waals surface area (Å²) in [6.45, 7) is 0. The molecule has 2 aromatic rings. The fourth-order valence-corrected chi connectivity index (χ4v) is 3.19. The van der Waals surface area contributed by atoms with E-state index in [2.05, 4.69) is 15.6 Å². The van der Waals surface area contributed by atoms with E-state index >= 15 is 0 Å². The van der Waals surface area contributed by atoms with Gasteiger partial charge in [-0.25, -0.2) is 4.79 Å². The molecule has 0 unspecified atom stereocenters. The second-order valence-electron chi connectivity index (χ2n) is 6.10. The Morgan fingerprint density at radius 1 is 0.875 bits per heavy atom. The summed E-state index contributed by atoms with van der Waals surface area (Å²) in [4.78, 5) is 16.2. The molecule has 24 heavy (non-hydrogen) atoms. The van der Waals surface area contributed by atoms with Crippen LogP contribution in [0.15, 0.2) is 60.7 Å². The third-order valence-corrected chi connectivity index (χ3v) is 4.41. The smallest absolute Gasteiger partial charge is 0.315 e. The summed E-state index contributed by atoms with van der Waals surface area (Å²) in [5.41, 5.74) is 2.19. The van der Waals surface area contributed by atoms with Crippen molar-refractivity contribution in [2.24, 2.45) is 0 Å². The lowest BCUT2D eigenvalue weighted by atomic mass is 9.91. The topological polar surface area (TPSA) is 50.4 Å². The number of aryl methyl sites for hydroxylation is 1. The minimum atomic E-state index is -0.716. The number of hydrogen-bond donors (Lipinski definition) is 2. The number of carbonyl (C=O) groups is 1. The van der Waals surface area contributed by atoms with Crippen molar-refractivity contribution in [3.63, 3.8) is 0 Å². The molecule has 0 aromatic heterocycles. The molecule has 1 fully saturated rings. The van der Waals surface area contributed by atoms with Gasteiger partial charge in [-0.1, -0.05) is 60.7 Å². The van der Waals surface area contributed by atoms with E-state index in [1.165, 1.54) is 0 Å². The Kier molecular flexibility index (Phi) is 5.43. The molecule has 2 amide bonds. The number of rotatable bonds is 6. The van der Waals surface area contributed by atoms with Crippen molar-refractivity contribution < 1.29 is 14.3 Å². The predicted molar refractivity (Wildman–Crippen MR) is 90.1 cm³/mol. The van der Waals surface area contributed by atoms with Gasteiger partial charge >= 0.3 is 6.03 Å². The molecule has 1 aliphatic heterocycles. The van der Waals surface area contributed by atoms with Gasteiger partial charge in [-0.05, 0) is 34.9 Å². The van der Waals surface area contributed by atoms with Gasteiger partial charge in [0, 0.05) is 0 Å². The summed E-state index contributed by atoms with van der Waals surface area (Å²) in [6, 6.07) is 18.6. The molecule has 5 heteroatoms. The Balaban J connectivity index is 1.67. The van der Waals surface area contributed by atoms with E-state index in [-0.39, 0.29) is 12.1 Å². The van der Waals surface area contributed by atoms with E-state index in [1.54, 1.807) is 0 Å². The van der Waals surface area contributed by atoms with Crippen LogP contribution in [0.4, 0.5) is 9.32 Å². The monoisotopic (exact) mass is 328 g/mol. The fourth-order valence-electron chi connectivity index (χ4n) is 3.19. The van der Waals surface area contributed by atoms with Crippen molar-refractivity contribution in [3.05, 3.63) is 71.8 Å². The second kappa shape index (κ2) is 7.93. The molecule has 1 heterocycles. The highest BCUT2D eigenvalue weighted by molar-refractivity contribution is 5.76. The van der Waals surface area contributed by atoms with E-state index in [4.69, 9.17) is 0 Å². The zero-order valence-electron chi connectivity index (χ0n) is 13.3. The maximum Gasteiger partial charge on any atom is 0.315 e. The van der Waals surface area contributed by atoms with Gasteiger partial charge in [-0.15, -0.1) is 0 Å². The van der Waals surface area contributed by atoms with Gasteiger partial charge in [0.05, 0.1) is 12.1 Å². The zero-order valence-corrected chi connectivity index (χ0v) is 13.3. The van der Waals surface area contributed by atoms with Crippen LogP contribution < -0.4 is 10.6 Å². The average Bonchev–Trinajstić information content (AvgIpc) is 2.61. The van der Waals surface area contributed by atoms with Crippen molar-refractivity contribution in [3.8, 4) is 0 Å². The first-order valence-corrected chi connectivity index (χ1v) is 8.18. The van der Waals surface area contributed by atoms with Gasteiger partial charge < -0.3 is 10.6 Å². The molecule has 0 radical (unpaired) electrons. The van der Waals surface area contributed by atoms with Crippen molar-refractivity contribution in [2.75, 3.05) is 0 Å². The molecule has 1 aliphatic rings. The highest BCUT2D eigenvalue weighted by Gasteiger charge is 2.38. The molecule has 126 valence electrons. The molecule has 2 N–H and O–H groups in total. The van der Waals surface area contributed by atoms with Crippen LogP contribution in [0.1, 0.15) is 17.5 Å². The third-order valence-electron chi connectivity index (χ3n) is 4.41. The summed E-state index contributed by atoms with van der Waals surface area (Å²) in [6.07, 6.45) is 1.19. The summed E-state index contributed by atoms with van der Waals surface area (Å²) in [5, 5.41) is 5.57. The largest absolute Gasteiger partial charge is 0.333 e. The first-order chi connectivity index (χ1) is 11.8. The van der Waals surface area contributed by atoms with Gasteiger partial charge in [0.2, 0.25) is 0 Å². The first-order valence-electron chi connectivity index (χ1n) is 8.18. The number of halogens is 1. The molecule has 0 aliphatic carbocycles. The van der Waals surface area contributed by atoms with Gasteiger partial charge in [0.15, 0.2) is 0 Å². The van der Waals surface area contributed by atoms with Gasteiger partial charge in [0.1, 0.15) is 6.10 Å². The van der Waals surface area contributed by atoms with Gasteiger partial charge in [0.25, 0.3) is 0 Å².